The van der Waals surface area contributed by atoms with E-state index in [0.29, 0.717) is 17.3 Å². The van der Waals surface area contributed by atoms with Crippen molar-refractivity contribution < 1.29 is 9.53 Å². The van der Waals surface area contributed by atoms with Crippen molar-refractivity contribution in [2.75, 3.05) is 0 Å². The zero-order valence-electron chi connectivity index (χ0n) is 25.5. The highest BCUT2D eigenvalue weighted by Gasteiger charge is 2.59. The fraction of sp³-hybridized carbons (Fsp3) is 0.914. The number of allylic oxidation sites excluding steroid dienone is 1. The number of rotatable bonds is 12. The Hall–Kier alpha value is -0.790. The van der Waals surface area contributed by atoms with E-state index in [-0.39, 0.29) is 12.1 Å². The molecule has 0 radical (unpaired) electrons. The minimum atomic E-state index is 0.0485. The SMILES string of the molecule is CCCCCCCC(=O)O[C@H]1CC[C@@]2(C)C(=CC[C@@H]3[C@H]4CC[C@H]([C@H](C)CCCC(C)C)[C@@]4(C)CC[C@@H]32)C1. The van der Waals surface area contributed by atoms with Crippen LogP contribution in [0.25, 0.3) is 0 Å². The average Bonchev–Trinajstić information content (AvgIpc) is 3.21. The van der Waals surface area contributed by atoms with Gasteiger partial charge in [0.2, 0.25) is 0 Å². The maximum absolute atomic E-state index is 12.5. The van der Waals surface area contributed by atoms with E-state index in [1.165, 1.54) is 77.0 Å². The van der Waals surface area contributed by atoms with Gasteiger partial charge in [-0.15, -0.1) is 0 Å². The van der Waals surface area contributed by atoms with Gasteiger partial charge < -0.3 is 4.74 Å². The van der Waals surface area contributed by atoms with Crippen LogP contribution in [-0.2, 0) is 9.53 Å². The quantitative estimate of drug-likeness (QED) is 0.148. The van der Waals surface area contributed by atoms with Crippen molar-refractivity contribution in [3.05, 3.63) is 11.6 Å². The molecule has 0 N–H and O–H groups in total. The van der Waals surface area contributed by atoms with E-state index in [2.05, 4.69) is 47.6 Å². The van der Waals surface area contributed by atoms with Crippen LogP contribution in [0, 0.1) is 46.3 Å². The van der Waals surface area contributed by atoms with Crippen LogP contribution in [-0.4, -0.2) is 12.1 Å². The minimum Gasteiger partial charge on any atom is -0.462 e. The van der Waals surface area contributed by atoms with E-state index in [1.807, 2.05) is 0 Å². The molecule has 0 aromatic heterocycles. The van der Waals surface area contributed by atoms with E-state index < -0.39 is 0 Å². The Morgan fingerprint density at radius 2 is 1.73 bits per heavy atom. The van der Waals surface area contributed by atoms with Gasteiger partial charge in [0.05, 0.1) is 0 Å². The third kappa shape index (κ3) is 6.35. The third-order valence-electron chi connectivity index (χ3n) is 12.0. The first-order valence-electron chi connectivity index (χ1n) is 16.6. The third-order valence-corrected chi connectivity index (χ3v) is 12.0. The van der Waals surface area contributed by atoms with Crippen molar-refractivity contribution in [2.45, 2.75) is 157 Å². The summed E-state index contributed by atoms with van der Waals surface area (Å²) < 4.78 is 6.02. The van der Waals surface area contributed by atoms with Gasteiger partial charge in [-0.25, -0.2) is 0 Å². The van der Waals surface area contributed by atoms with Gasteiger partial charge in [0.15, 0.2) is 0 Å². The molecule has 8 atom stereocenters. The molecule has 0 aromatic rings. The molecule has 0 aromatic carbocycles. The summed E-state index contributed by atoms with van der Waals surface area (Å²) in [5.74, 6) is 5.34. The Labute approximate surface area is 230 Å². The highest BCUT2D eigenvalue weighted by atomic mass is 16.5. The number of carbonyl (C=O) groups excluding carboxylic acids is 1. The molecule has 0 aliphatic heterocycles. The fourth-order valence-corrected chi connectivity index (χ4v) is 9.87. The van der Waals surface area contributed by atoms with Crippen LogP contribution in [0.1, 0.15) is 151 Å². The Morgan fingerprint density at radius 1 is 0.946 bits per heavy atom. The van der Waals surface area contributed by atoms with Gasteiger partial charge in [-0.2, -0.15) is 0 Å². The first kappa shape index (κ1) is 29.2. The Balaban J connectivity index is 1.34. The van der Waals surface area contributed by atoms with Gasteiger partial charge >= 0.3 is 5.97 Å². The first-order valence-corrected chi connectivity index (χ1v) is 16.6. The van der Waals surface area contributed by atoms with Gasteiger partial charge in [-0.05, 0) is 97.7 Å². The van der Waals surface area contributed by atoms with Crippen LogP contribution in [0.2, 0.25) is 0 Å². The highest BCUT2D eigenvalue weighted by Crippen LogP contribution is 2.67. The number of ether oxygens (including phenoxy) is 1. The summed E-state index contributed by atoms with van der Waals surface area (Å²) in [6, 6.07) is 0. The summed E-state index contributed by atoms with van der Waals surface area (Å²) in [4.78, 5) is 12.5. The summed E-state index contributed by atoms with van der Waals surface area (Å²) in [5, 5.41) is 0. The second-order valence-electron chi connectivity index (χ2n) is 14.8. The van der Waals surface area contributed by atoms with Gasteiger partial charge in [0.1, 0.15) is 6.10 Å². The normalized spacial score (nSPS) is 37.9. The van der Waals surface area contributed by atoms with Crippen molar-refractivity contribution in [1.82, 2.24) is 0 Å². The molecule has 0 unspecified atom stereocenters. The monoisotopic (exact) mass is 512 g/mol. The molecule has 2 nitrogen and oxygen atoms in total. The summed E-state index contributed by atoms with van der Waals surface area (Å²) in [5.41, 5.74) is 2.54. The molecule has 0 spiro atoms. The van der Waals surface area contributed by atoms with Crippen molar-refractivity contribution in [3.8, 4) is 0 Å². The average molecular weight is 513 g/mol. The largest absolute Gasteiger partial charge is 0.462 e. The van der Waals surface area contributed by atoms with Gasteiger partial charge in [-0.1, -0.05) is 98.1 Å². The lowest BCUT2D eigenvalue weighted by molar-refractivity contribution is -0.151. The minimum absolute atomic E-state index is 0.0485. The van der Waals surface area contributed by atoms with Crippen LogP contribution in [0.4, 0.5) is 0 Å². The second-order valence-corrected chi connectivity index (χ2v) is 14.8. The molecule has 4 aliphatic rings. The van der Waals surface area contributed by atoms with Crippen molar-refractivity contribution in [3.63, 3.8) is 0 Å². The topological polar surface area (TPSA) is 26.3 Å². The van der Waals surface area contributed by atoms with Crippen molar-refractivity contribution >= 4 is 5.97 Å². The predicted molar refractivity (Wildman–Crippen MR) is 156 cm³/mol. The van der Waals surface area contributed by atoms with E-state index >= 15 is 0 Å². The van der Waals surface area contributed by atoms with E-state index in [4.69, 9.17) is 4.74 Å². The van der Waals surface area contributed by atoms with Crippen LogP contribution < -0.4 is 0 Å². The number of carbonyl (C=O) groups is 1. The molecule has 212 valence electrons. The summed E-state index contributed by atoms with van der Waals surface area (Å²) in [6.45, 7) is 14.9. The van der Waals surface area contributed by atoms with Crippen LogP contribution >= 0.6 is 0 Å². The molecule has 0 saturated heterocycles. The summed E-state index contributed by atoms with van der Waals surface area (Å²) >= 11 is 0. The number of unbranched alkanes of at least 4 members (excludes halogenated alkanes) is 4. The highest BCUT2D eigenvalue weighted by molar-refractivity contribution is 5.69. The lowest BCUT2D eigenvalue weighted by Crippen LogP contribution is -2.51. The zero-order valence-corrected chi connectivity index (χ0v) is 25.5. The zero-order chi connectivity index (χ0) is 26.6. The van der Waals surface area contributed by atoms with E-state index in [9.17, 15) is 4.79 Å². The molecular formula is C35H60O2. The molecule has 37 heavy (non-hydrogen) atoms. The predicted octanol–water partition coefficient (Wildman–Crippen LogP) is 10.3. The maximum Gasteiger partial charge on any atom is 0.306 e. The smallest absolute Gasteiger partial charge is 0.306 e. The van der Waals surface area contributed by atoms with Gasteiger partial charge in [-0.3, -0.25) is 4.79 Å². The Morgan fingerprint density at radius 3 is 2.49 bits per heavy atom. The lowest BCUT2D eigenvalue weighted by Gasteiger charge is -2.58. The standard InChI is InChI=1S/C35H60O2/c1-7-8-9-10-11-15-33(36)37-28-20-22-34(5)27(24-28)16-17-29-31-19-18-30(26(4)14-12-13-25(2)3)35(31,6)23-21-32(29)34/h16,25-26,28-32H,7-15,17-24H2,1-6H3/t26-,28+,29-,30-,31-,32+,34+,35-/m1/s1. The summed E-state index contributed by atoms with van der Waals surface area (Å²) in [7, 11) is 0. The molecular weight excluding hydrogens is 452 g/mol. The molecule has 3 fully saturated rings. The van der Waals surface area contributed by atoms with Crippen LogP contribution in [0.15, 0.2) is 11.6 Å². The number of fused-ring (bicyclic) bond motifs is 5. The van der Waals surface area contributed by atoms with Crippen molar-refractivity contribution in [2.24, 2.45) is 46.3 Å². The lowest BCUT2D eigenvalue weighted by atomic mass is 9.47. The van der Waals surface area contributed by atoms with Crippen LogP contribution in [0.3, 0.4) is 0 Å². The molecule has 3 saturated carbocycles. The molecule has 0 bridgehead atoms. The first-order chi connectivity index (χ1) is 17.7. The van der Waals surface area contributed by atoms with Crippen molar-refractivity contribution in [1.29, 1.82) is 0 Å². The van der Waals surface area contributed by atoms with Gasteiger partial charge in [0, 0.05) is 12.8 Å². The summed E-state index contributed by atoms with van der Waals surface area (Å²) in [6.07, 6.45) is 23.9. The molecule has 2 heteroatoms. The number of hydrogen-bond acceptors (Lipinski definition) is 2. The second kappa shape index (κ2) is 12.6. The van der Waals surface area contributed by atoms with Gasteiger partial charge in [0.25, 0.3) is 0 Å². The van der Waals surface area contributed by atoms with Crippen LogP contribution in [0.5, 0.6) is 0 Å². The van der Waals surface area contributed by atoms with E-state index in [0.717, 1.165) is 61.2 Å². The maximum atomic E-state index is 12.5. The fourth-order valence-electron chi connectivity index (χ4n) is 9.87. The number of hydrogen-bond donors (Lipinski definition) is 0. The van der Waals surface area contributed by atoms with E-state index in [1.54, 1.807) is 5.57 Å². The molecule has 4 rings (SSSR count). The molecule has 0 heterocycles. The number of esters is 1. The Bertz CT molecular complexity index is 782. The molecule has 4 aliphatic carbocycles. The molecule has 0 amide bonds. The Kier molecular flexibility index (Phi) is 9.94.